The van der Waals surface area contributed by atoms with E-state index in [1.54, 1.807) is 0 Å². The summed E-state index contributed by atoms with van der Waals surface area (Å²) in [6.45, 7) is 15.7. The van der Waals surface area contributed by atoms with E-state index in [0.717, 1.165) is 23.7 Å². The highest BCUT2D eigenvalue weighted by Gasteiger charge is 2.21. The SMILES string of the molecule is CCCCCCCCCc1ccc(N(c2cc(C(C)(C)C)ccn2)c2cc(C(C)(C)C)ccn2)cc1. The van der Waals surface area contributed by atoms with Crippen LogP contribution in [0, 0.1) is 0 Å². The van der Waals surface area contributed by atoms with Gasteiger partial charge in [0, 0.05) is 18.1 Å². The topological polar surface area (TPSA) is 29.0 Å². The molecule has 0 radical (unpaired) electrons. The maximum absolute atomic E-state index is 4.80. The highest BCUT2D eigenvalue weighted by atomic mass is 15.2. The molecule has 0 saturated carbocycles. The first-order chi connectivity index (χ1) is 17.1. The van der Waals surface area contributed by atoms with Crippen LogP contribution in [-0.2, 0) is 17.3 Å². The Morgan fingerprint density at radius 3 is 1.56 bits per heavy atom. The lowest BCUT2D eigenvalue weighted by Crippen LogP contribution is -2.18. The molecule has 36 heavy (non-hydrogen) atoms. The number of hydrogen-bond donors (Lipinski definition) is 0. The summed E-state index contributed by atoms with van der Waals surface area (Å²) in [6, 6.07) is 17.7. The van der Waals surface area contributed by atoms with E-state index < -0.39 is 0 Å². The first-order valence-electron chi connectivity index (χ1n) is 13.9. The first-order valence-corrected chi connectivity index (χ1v) is 13.9. The van der Waals surface area contributed by atoms with E-state index >= 15 is 0 Å². The Morgan fingerprint density at radius 2 is 1.08 bits per heavy atom. The van der Waals surface area contributed by atoms with Crippen molar-refractivity contribution in [2.24, 2.45) is 0 Å². The Morgan fingerprint density at radius 1 is 0.611 bits per heavy atom. The molecule has 0 atom stereocenters. The van der Waals surface area contributed by atoms with Crippen molar-refractivity contribution in [1.29, 1.82) is 0 Å². The zero-order valence-electron chi connectivity index (χ0n) is 23.8. The lowest BCUT2D eigenvalue weighted by atomic mass is 9.87. The summed E-state index contributed by atoms with van der Waals surface area (Å²) in [5.74, 6) is 1.81. The lowest BCUT2D eigenvalue weighted by Gasteiger charge is -2.27. The van der Waals surface area contributed by atoms with Crippen LogP contribution in [0.15, 0.2) is 60.9 Å². The Kier molecular flexibility index (Phi) is 9.70. The van der Waals surface area contributed by atoms with Crippen LogP contribution < -0.4 is 4.90 Å². The maximum Gasteiger partial charge on any atom is 0.138 e. The normalized spacial score (nSPS) is 12.1. The van der Waals surface area contributed by atoms with Gasteiger partial charge in [-0.05, 0) is 76.8 Å². The van der Waals surface area contributed by atoms with Crippen molar-refractivity contribution >= 4 is 17.3 Å². The molecule has 0 amide bonds. The molecule has 0 saturated heterocycles. The van der Waals surface area contributed by atoms with Crippen LogP contribution in [-0.4, -0.2) is 9.97 Å². The van der Waals surface area contributed by atoms with E-state index in [2.05, 4.69) is 102 Å². The minimum Gasteiger partial charge on any atom is -0.279 e. The number of rotatable bonds is 11. The number of hydrogen-bond acceptors (Lipinski definition) is 3. The van der Waals surface area contributed by atoms with Crippen LogP contribution in [0.25, 0.3) is 0 Å². The van der Waals surface area contributed by atoms with Gasteiger partial charge in [-0.2, -0.15) is 0 Å². The first kappa shape index (κ1) is 27.9. The molecule has 1 aromatic carbocycles. The van der Waals surface area contributed by atoms with Crippen LogP contribution in [0.3, 0.4) is 0 Å². The molecule has 0 aliphatic rings. The minimum absolute atomic E-state index is 0.0461. The van der Waals surface area contributed by atoms with Crippen LogP contribution in [0.5, 0.6) is 0 Å². The molecule has 0 bridgehead atoms. The molecule has 0 spiro atoms. The van der Waals surface area contributed by atoms with Gasteiger partial charge >= 0.3 is 0 Å². The average molecular weight is 486 g/mol. The van der Waals surface area contributed by atoms with Crippen LogP contribution in [0.4, 0.5) is 17.3 Å². The van der Waals surface area contributed by atoms with Crippen LogP contribution in [0.1, 0.15) is 110 Å². The molecular weight excluding hydrogens is 438 g/mol. The third-order valence-electron chi connectivity index (χ3n) is 6.94. The third-order valence-corrected chi connectivity index (χ3v) is 6.94. The van der Waals surface area contributed by atoms with Gasteiger partial charge in [-0.1, -0.05) is 99.1 Å². The van der Waals surface area contributed by atoms with Gasteiger partial charge in [-0.3, -0.25) is 4.90 Å². The monoisotopic (exact) mass is 485 g/mol. The average Bonchev–Trinajstić information content (AvgIpc) is 2.84. The molecule has 2 heterocycles. The van der Waals surface area contributed by atoms with E-state index in [-0.39, 0.29) is 10.8 Å². The third kappa shape index (κ3) is 7.91. The smallest absolute Gasteiger partial charge is 0.138 e. The Bertz CT molecular complexity index is 1010. The molecule has 3 heteroatoms. The summed E-state index contributed by atoms with van der Waals surface area (Å²) >= 11 is 0. The Hall–Kier alpha value is -2.68. The van der Waals surface area contributed by atoms with Gasteiger partial charge in [0.2, 0.25) is 0 Å². The van der Waals surface area contributed by atoms with Gasteiger partial charge in [0.15, 0.2) is 0 Å². The molecule has 3 aromatic rings. The molecule has 0 unspecified atom stereocenters. The molecule has 0 aliphatic carbocycles. The van der Waals surface area contributed by atoms with Crippen molar-refractivity contribution in [2.45, 2.75) is 111 Å². The van der Waals surface area contributed by atoms with Crippen LogP contribution in [0.2, 0.25) is 0 Å². The fourth-order valence-corrected chi connectivity index (χ4v) is 4.49. The molecule has 0 fully saturated rings. The molecule has 3 nitrogen and oxygen atoms in total. The molecule has 194 valence electrons. The van der Waals surface area contributed by atoms with Crippen molar-refractivity contribution in [2.75, 3.05) is 4.90 Å². The fraction of sp³-hybridized carbons (Fsp3) is 0.515. The summed E-state index contributed by atoms with van der Waals surface area (Å²) in [6.07, 6.45) is 14.4. The highest BCUT2D eigenvalue weighted by Crippen LogP contribution is 2.36. The van der Waals surface area contributed by atoms with Crippen molar-refractivity contribution in [3.8, 4) is 0 Å². The largest absolute Gasteiger partial charge is 0.279 e. The number of nitrogens with zero attached hydrogens (tertiary/aromatic N) is 3. The van der Waals surface area contributed by atoms with Gasteiger partial charge in [-0.15, -0.1) is 0 Å². The van der Waals surface area contributed by atoms with E-state index in [9.17, 15) is 0 Å². The quantitative estimate of drug-likeness (QED) is 0.253. The molecular formula is C33H47N3. The van der Waals surface area contributed by atoms with Gasteiger partial charge in [-0.25, -0.2) is 9.97 Å². The van der Waals surface area contributed by atoms with Gasteiger partial charge < -0.3 is 0 Å². The zero-order valence-corrected chi connectivity index (χ0v) is 23.8. The predicted molar refractivity (Wildman–Crippen MR) is 156 cm³/mol. The molecule has 0 N–H and O–H groups in total. The second-order valence-electron chi connectivity index (χ2n) is 12.2. The summed E-state index contributed by atoms with van der Waals surface area (Å²) in [5, 5.41) is 0. The molecule has 2 aromatic heterocycles. The van der Waals surface area contributed by atoms with Crippen molar-refractivity contribution in [1.82, 2.24) is 9.97 Å². The molecule has 3 rings (SSSR count). The lowest BCUT2D eigenvalue weighted by molar-refractivity contribution is 0.589. The summed E-state index contributed by atoms with van der Waals surface area (Å²) < 4.78 is 0. The number of pyridine rings is 2. The van der Waals surface area contributed by atoms with Crippen molar-refractivity contribution in [3.63, 3.8) is 0 Å². The van der Waals surface area contributed by atoms with E-state index in [0.29, 0.717) is 0 Å². The predicted octanol–water partition coefficient (Wildman–Crippen LogP) is 9.83. The standard InChI is InChI=1S/C33H47N3/c1-8-9-10-11-12-13-14-15-26-16-18-29(19-17-26)36(30-24-27(20-22-34-30)32(2,3)4)31-25-28(21-23-35-31)33(5,6)7/h16-25H,8-15H2,1-7H3. The van der Waals surface area contributed by atoms with Crippen molar-refractivity contribution in [3.05, 3.63) is 77.6 Å². The number of aryl methyl sites for hydroxylation is 1. The maximum atomic E-state index is 4.80. The second kappa shape index (κ2) is 12.5. The summed E-state index contributed by atoms with van der Waals surface area (Å²) in [4.78, 5) is 11.8. The minimum atomic E-state index is 0.0461. The zero-order chi connectivity index (χ0) is 26.2. The van der Waals surface area contributed by atoms with Crippen molar-refractivity contribution < 1.29 is 0 Å². The van der Waals surface area contributed by atoms with E-state index in [1.807, 2.05) is 12.4 Å². The number of aromatic nitrogens is 2. The number of anilines is 3. The Balaban J connectivity index is 1.86. The number of benzene rings is 1. The fourth-order valence-electron chi connectivity index (χ4n) is 4.49. The Labute approximate surface area is 220 Å². The summed E-state index contributed by atoms with van der Waals surface area (Å²) in [5.41, 5.74) is 5.12. The molecule has 0 aliphatic heterocycles. The highest BCUT2D eigenvalue weighted by molar-refractivity contribution is 5.73. The van der Waals surface area contributed by atoms with E-state index in [4.69, 9.17) is 9.97 Å². The van der Waals surface area contributed by atoms with Gasteiger partial charge in [0.05, 0.1) is 0 Å². The number of unbranched alkanes of at least 4 members (excludes halogenated alkanes) is 6. The summed E-state index contributed by atoms with van der Waals surface area (Å²) in [7, 11) is 0. The van der Waals surface area contributed by atoms with Gasteiger partial charge in [0.25, 0.3) is 0 Å². The van der Waals surface area contributed by atoms with Gasteiger partial charge in [0.1, 0.15) is 11.6 Å². The van der Waals surface area contributed by atoms with E-state index in [1.165, 1.54) is 61.6 Å². The second-order valence-corrected chi connectivity index (χ2v) is 12.2. The van der Waals surface area contributed by atoms with Crippen LogP contribution >= 0.6 is 0 Å².